The number of carbonyl (C=O) groups is 2. The van der Waals surface area contributed by atoms with Crippen LogP contribution >= 0.6 is 0 Å². The summed E-state index contributed by atoms with van der Waals surface area (Å²) in [6, 6.07) is 8.83. The molecule has 0 radical (unpaired) electrons. The largest absolute Gasteiger partial charge is 0.508 e. The van der Waals surface area contributed by atoms with E-state index in [4.69, 9.17) is 9.47 Å². The Labute approximate surface area is 171 Å². The molecule has 0 unspecified atom stereocenters. The van der Waals surface area contributed by atoms with Crippen LogP contribution in [-0.4, -0.2) is 29.6 Å². The molecule has 156 valence electrons. The molecule has 0 aromatic heterocycles. The summed E-state index contributed by atoms with van der Waals surface area (Å²) >= 11 is 0. The first kappa shape index (κ1) is 22.2. The number of amides is 1. The van der Waals surface area contributed by atoms with Crippen LogP contribution in [0, 0.1) is 13.8 Å². The van der Waals surface area contributed by atoms with E-state index < -0.39 is 11.9 Å². The summed E-state index contributed by atoms with van der Waals surface area (Å²) in [4.78, 5) is 23.3. The lowest BCUT2D eigenvalue weighted by Crippen LogP contribution is -2.25. The third-order valence-electron chi connectivity index (χ3n) is 4.15. The van der Waals surface area contributed by atoms with E-state index in [9.17, 15) is 14.7 Å². The second-order valence-corrected chi connectivity index (χ2v) is 7.04. The van der Waals surface area contributed by atoms with Gasteiger partial charge in [0.25, 0.3) is 0 Å². The van der Waals surface area contributed by atoms with E-state index in [2.05, 4.69) is 10.6 Å². The zero-order chi connectivity index (χ0) is 21.6. The highest BCUT2D eigenvalue weighted by Gasteiger charge is 2.16. The SMILES string of the molecule is CCOC(=O)C(=O)Nc1cc(C)c(Oc2ccc(O)c(CNC(C)C)c2)c(C)c1. The molecule has 0 aliphatic rings. The van der Waals surface area contributed by atoms with Crippen molar-refractivity contribution < 1.29 is 24.2 Å². The molecule has 7 heteroatoms. The average Bonchev–Trinajstić information content (AvgIpc) is 2.65. The van der Waals surface area contributed by atoms with Gasteiger partial charge in [-0.25, -0.2) is 4.79 Å². The Bertz CT molecular complexity index is 870. The van der Waals surface area contributed by atoms with Crippen LogP contribution in [0.4, 0.5) is 5.69 Å². The van der Waals surface area contributed by atoms with E-state index in [0.717, 1.165) is 16.7 Å². The molecule has 0 saturated carbocycles. The number of rotatable bonds is 7. The Balaban J connectivity index is 2.18. The number of carbonyl (C=O) groups excluding carboxylic acids is 2. The van der Waals surface area contributed by atoms with Gasteiger partial charge >= 0.3 is 11.9 Å². The van der Waals surface area contributed by atoms with Crippen molar-refractivity contribution in [3.63, 3.8) is 0 Å². The summed E-state index contributed by atoms with van der Waals surface area (Å²) < 4.78 is 10.7. The normalized spacial score (nSPS) is 10.7. The van der Waals surface area contributed by atoms with Gasteiger partial charge in [-0.15, -0.1) is 0 Å². The van der Waals surface area contributed by atoms with Gasteiger partial charge in [0.15, 0.2) is 0 Å². The van der Waals surface area contributed by atoms with Gasteiger partial charge in [0.05, 0.1) is 6.61 Å². The highest BCUT2D eigenvalue weighted by molar-refractivity contribution is 6.37. The van der Waals surface area contributed by atoms with Crippen LogP contribution in [0.3, 0.4) is 0 Å². The van der Waals surface area contributed by atoms with Crippen molar-refractivity contribution in [1.29, 1.82) is 0 Å². The minimum Gasteiger partial charge on any atom is -0.508 e. The zero-order valence-corrected chi connectivity index (χ0v) is 17.5. The number of benzene rings is 2. The molecule has 2 rings (SSSR count). The lowest BCUT2D eigenvalue weighted by molar-refractivity contribution is -0.152. The van der Waals surface area contributed by atoms with Gasteiger partial charge < -0.3 is 25.2 Å². The minimum atomic E-state index is -0.922. The van der Waals surface area contributed by atoms with Crippen molar-refractivity contribution in [2.75, 3.05) is 11.9 Å². The quantitative estimate of drug-likeness (QED) is 0.483. The summed E-state index contributed by atoms with van der Waals surface area (Å²) in [6.45, 7) is 10.1. The third kappa shape index (κ3) is 6.22. The summed E-state index contributed by atoms with van der Waals surface area (Å²) in [5.41, 5.74) is 2.81. The molecule has 0 heterocycles. The molecule has 29 heavy (non-hydrogen) atoms. The predicted octanol–water partition coefficient (Wildman–Crippen LogP) is 3.80. The molecule has 2 aromatic rings. The van der Waals surface area contributed by atoms with Crippen molar-refractivity contribution >= 4 is 17.6 Å². The van der Waals surface area contributed by atoms with Crippen molar-refractivity contribution in [1.82, 2.24) is 5.32 Å². The molecule has 2 aromatic carbocycles. The maximum absolute atomic E-state index is 11.8. The number of hydrogen-bond donors (Lipinski definition) is 3. The molecular formula is C22H28N2O5. The van der Waals surface area contributed by atoms with Gasteiger partial charge in [-0.05, 0) is 62.2 Å². The van der Waals surface area contributed by atoms with E-state index in [1.54, 1.807) is 37.3 Å². The Morgan fingerprint density at radius 1 is 1.10 bits per heavy atom. The summed E-state index contributed by atoms with van der Waals surface area (Å²) in [6.07, 6.45) is 0. The van der Waals surface area contributed by atoms with Crippen LogP contribution in [0.25, 0.3) is 0 Å². The van der Waals surface area contributed by atoms with E-state index in [-0.39, 0.29) is 12.4 Å². The first-order valence-electron chi connectivity index (χ1n) is 9.53. The number of phenolic OH excluding ortho intramolecular Hbond substituents is 1. The Hall–Kier alpha value is -3.06. The van der Waals surface area contributed by atoms with E-state index in [0.29, 0.717) is 29.8 Å². The minimum absolute atomic E-state index is 0.137. The maximum atomic E-state index is 11.8. The number of ether oxygens (including phenoxy) is 2. The molecule has 3 N–H and O–H groups in total. The number of phenols is 1. The second-order valence-electron chi connectivity index (χ2n) is 7.04. The van der Waals surface area contributed by atoms with Gasteiger partial charge in [0.1, 0.15) is 17.2 Å². The Kier molecular flexibility index (Phi) is 7.61. The zero-order valence-electron chi connectivity index (χ0n) is 17.5. The van der Waals surface area contributed by atoms with Crippen LogP contribution in [0.5, 0.6) is 17.2 Å². The fourth-order valence-electron chi connectivity index (χ4n) is 2.76. The van der Waals surface area contributed by atoms with Gasteiger partial charge in [0.2, 0.25) is 0 Å². The lowest BCUT2D eigenvalue weighted by atomic mass is 10.1. The van der Waals surface area contributed by atoms with Crippen molar-refractivity contribution in [3.8, 4) is 17.2 Å². The van der Waals surface area contributed by atoms with E-state index >= 15 is 0 Å². The van der Waals surface area contributed by atoms with E-state index in [1.165, 1.54) is 0 Å². The molecule has 0 fully saturated rings. The first-order chi connectivity index (χ1) is 13.7. The molecule has 0 bridgehead atoms. The predicted molar refractivity (Wildman–Crippen MR) is 111 cm³/mol. The summed E-state index contributed by atoms with van der Waals surface area (Å²) in [7, 11) is 0. The highest BCUT2D eigenvalue weighted by atomic mass is 16.5. The fourth-order valence-corrected chi connectivity index (χ4v) is 2.76. The van der Waals surface area contributed by atoms with Crippen LogP contribution < -0.4 is 15.4 Å². The second kappa shape index (κ2) is 9.93. The smallest absolute Gasteiger partial charge is 0.397 e. The number of aromatic hydroxyl groups is 1. The maximum Gasteiger partial charge on any atom is 0.397 e. The van der Waals surface area contributed by atoms with E-state index in [1.807, 2.05) is 27.7 Å². The lowest BCUT2D eigenvalue weighted by Gasteiger charge is -2.16. The van der Waals surface area contributed by atoms with Crippen molar-refractivity contribution in [2.45, 2.75) is 47.2 Å². The fraction of sp³-hybridized carbons (Fsp3) is 0.364. The van der Waals surface area contributed by atoms with Gasteiger partial charge in [-0.2, -0.15) is 0 Å². The van der Waals surface area contributed by atoms with Gasteiger partial charge in [-0.3, -0.25) is 4.79 Å². The molecular weight excluding hydrogens is 372 g/mol. The molecule has 0 aliphatic heterocycles. The Morgan fingerprint density at radius 3 is 2.34 bits per heavy atom. The van der Waals surface area contributed by atoms with Crippen LogP contribution in [0.15, 0.2) is 30.3 Å². The highest BCUT2D eigenvalue weighted by Crippen LogP contribution is 2.33. The van der Waals surface area contributed by atoms with Crippen molar-refractivity contribution in [3.05, 3.63) is 47.0 Å². The van der Waals surface area contributed by atoms with Crippen LogP contribution in [0.1, 0.15) is 37.5 Å². The number of aryl methyl sites for hydroxylation is 2. The third-order valence-corrected chi connectivity index (χ3v) is 4.15. The molecule has 1 amide bonds. The Morgan fingerprint density at radius 2 is 1.76 bits per heavy atom. The van der Waals surface area contributed by atoms with Crippen LogP contribution in [-0.2, 0) is 20.9 Å². The number of hydrogen-bond acceptors (Lipinski definition) is 6. The molecule has 0 saturated heterocycles. The first-order valence-corrected chi connectivity index (χ1v) is 9.53. The van der Waals surface area contributed by atoms with Gasteiger partial charge in [0, 0.05) is 23.8 Å². The molecule has 0 aliphatic carbocycles. The topological polar surface area (TPSA) is 96.9 Å². The summed E-state index contributed by atoms with van der Waals surface area (Å²) in [5.74, 6) is -0.295. The molecule has 0 atom stereocenters. The monoisotopic (exact) mass is 400 g/mol. The molecule has 7 nitrogen and oxygen atoms in total. The number of esters is 1. The van der Waals surface area contributed by atoms with Crippen LogP contribution in [0.2, 0.25) is 0 Å². The summed E-state index contributed by atoms with van der Waals surface area (Å²) in [5, 5.41) is 15.9. The van der Waals surface area contributed by atoms with Gasteiger partial charge in [-0.1, -0.05) is 13.8 Å². The standard InChI is InChI=1S/C22H28N2O5/c1-6-28-22(27)21(26)24-17-9-14(4)20(15(5)10-17)29-18-7-8-19(25)16(11-18)12-23-13(2)3/h7-11,13,23,25H,6,12H2,1-5H3,(H,24,26). The van der Waals surface area contributed by atoms with Crippen molar-refractivity contribution in [2.24, 2.45) is 0 Å². The average molecular weight is 400 g/mol. The molecule has 0 spiro atoms. The number of anilines is 1. The number of nitrogens with one attached hydrogen (secondary N) is 2.